The van der Waals surface area contributed by atoms with E-state index in [-0.39, 0.29) is 12.6 Å². The van der Waals surface area contributed by atoms with Crippen LogP contribution in [-0.4, -0.2) is 32.3 Å². The number of aliphatic hydroxyl groups excluding tert-OH is 1. The summed E-state index contributed by atoms with van der Waals surface area (Å²) in [7, 11) is 0. The van der Waals surface area contributed by atoms with Crippen molar-refractivity contribution in [1.82, 2.24) is 14.5 Å². The van der Waals surface area contributed by atoms with Gasteiger partial charge in [-0.3, -0.25) is 0 Å². The van der Waals surface area contributed by atoms with Crippen LogP contribution in [0.4, 0.5) is 11.8 Å². The molecular weight excluding hydrogens is 314 g/mol. The zero-order valence-electron chi connectivity index (χ0n) is 15.2. The third-order valence-corrected chi connectivity index (χ3v) is 5.26. The van der Waals surface area contributed by atoms with E-state index in [1.807, 2.05) is 6.07 Å². The van der Waals surface area contributed by atoms with Crippen LogP contribution in [0.25, 0.3) is 11.0 Å². The van der Waals surface area contributed by atoms with Gasteiger partial charge < -0.3 is 20.7 Å². The molecule has 2 heterocycles. The molecule has 6 heteroatoms. The van der Waals surface area contributed by atoms with Crippen molar-refractivity contribution in [3.8, 4) is 0 Å². The van der Waals surface area contributed by atoms with Gasteiger partial charge in [0.1, 0.15) is 5.52 Å². The average Bonchev–Trinajstić information content (AvgIpc) is 2.99. The number of nitrogen functional groups attached to an aromatic ring is 1. The summed E-state index contributed by atoms with van der Waals surface area (Å²) in [4.78, 5) is 8.89. The summed E-state index contributed by atoms with van der Waals surface area (Å²) in [6.45, 7) is 3.34. The van der Waals surface area contributed by atoms with E-state index < -0.39 is 0 Å². The van der Waals surface area contributed by atoms with E-state index in [4.69, 9.17) is 5.73 Å². The minimum Gasteiger partial charge on any atom is -0.396 e. The van der Waals surface area contributed by atoms with E-state index in [0.717, 1.165) is 42.2 Å². The van der Waals surface area contributed by atoms with Crippen LogP contribution >= 0.6 is 0 Å². The maximum atomic E-state index is 9.34. The summed E-state index contributed by atoms with van der Waals surface area (Å²) < 4.78 is 2.29. The summed E-state index contributed by atoms with van der Waals surface area (Å²) in [5.41, 5.74) is 7.86. The molecule has 3 rings (SSSR count). The van der Waals surface area contributed by atoms with Crippen LogP contribution in [0.3, 0.4) is 0 Å². The van der Waals surface area contributed by atoms with E-state index in [1.54, 1.807) is 0 Å². The van der Waals surface area contributed by atoms with Crippen LogP contribution in [0.15, 0.2) is 12.3 Å². The summed E-state index contributed by atoms with van der Waals surface area (Å²) in [6.07, 6.45) is 11.5. The minimum atomic E-state index is 0.171. The Kier molecular flexibility index (Phi) is 6.13. The van der Waals surface area contributed by atoms with Crippen molar-refractivity contribution in [3.05, 3.63) is 12.3 Å². The van der Waals surface area contributed by atoms with E-state index in [9.17, 15) is 5.11 Å². The second-order valence-corrected chi connectivity index (χ2v) is 7.28. The van der Waals surface area contributed by atoms with E-state index in [0.29, 0.717) is 12.4 Å². The van der Waals surface area contributed by atoms with Crippen LogP contribution in [0.2, 0.25) is 0 Å². The maximum Gasteiger partial charge on any atom is 0.222 e. The minimum absolute atomic E-state index is 0.171. The fourth-order valence-electron chi connectivity index (χ4n) is 4.01. The van der Waals surface area contributed by atoms with Crippen LogP contribution in [0.5, 0.6) is 0 Å². The summed E-state index contributed by atoms with van der Waals surface area (Å²) >= 11 is 0. The second-order valence-electron chi connectivity index (χ2n) is 7.28. The smallest absolute Gasteiger partial charge is 0.222 e. The lowest BCUT2D eigenvalue weighted by molar-refractivity contribution is 0.276. The Hall–Kier alpha value is -1.82. The van der Waals surface area contributed by atoms with Crippen LogP contribution in [-0.2, 0) is 6.54 Å². The SMILES string of the molecule is CCC[C@@H](CCO)Nc1nc(N)nc2ccn(CC3CCCCC3)c12. The molecule has 138 valence electrons. The van der Waals surface area contributed by atoms with Crippen molar-refractivity contribution >= 4 is 22.8 Å². The highest BCUT2D eigenvalue weighted by Gasteiger charge is 2.19. The molecular formula is C19H31N5O. The molecule has 0 unspecified atom stereocenters. The van der Waals surface area contributed by atoms with Crippen LogP contribution < -0.4 is 11.1 Å². The zero-order valence-corrected chi connectivity index (χ0v) is 15.2. The number of nitrogens with two attached hydrogens (primary N) is 1. The lowest BCUT2D eigenvalue weighted by Gasteiger charge is -2.23. The van der Waals surface area contributed by atoms with E-state index >= 15 is 0 Å². The molecule has 0 aromatic carbocycles. The molecule has 1 aliphatic rings. The first-order valence-corrected chi connectivity index (χ1v) is 9.71. The lowest BCUT2D eigenvalue weighted by atomic mass is 9.89. The fraction of sp³-hybridized carbons (Fsp3) is 0.684. The molecule has 1 aliphatic carbocycles. The van der Waals surface area contributed by atoms with Gasteiger partial charge in [0, 0.05) is 25.4 Å². The number of fused-ring (bicyclic) bond motifs is 1. The summed E-state index contributed by atoms with van der Waals surface area (Å²) in [5, 5.41) is 12.9. The molecule has 2 aromatic rings. The molecule has 0 amide bonds. The van der Waals surface area contributed by atoms with Gasteiger partial charge in [-0.1, -0.05) is 32.6 Å². The molecule has 1 fully saturated rings. The monoisotopic (exact) mass is 345 g/mol. The van der Waals surface area contributed by atoms with Gasteiger partial charge in [-0.05, 0) is 37.7 Å². The van der Waals surface area contributed by atoms with Crippen molar-refractivity contribution < 1.29 is 5.11 Å². The first-order valence-electron chi connectivity index (χ1n) is 9.71. The second kappa shape index (κ2) is 8.52. The highest BCUT2D eigenvalue weighted by atomic mass is 16.3. The molecule has 0 bridgehead atoms. The number of nitrogens with one attached hydrogen (secondary N) is 1. The van der Waals surface area contributed by atoms with Crippen LogP contribution in [0, 0.1) is 5.92 Å². The Bertz CT molecular complexity index is 672. The molecule has 0 spiro atoms. The lowest BCUT2D eigenvalue weighted by Crippen LogP contribution is -2.23. The van der Waals surface area contributed by atoms with Crippen molar-refractivity contribution in [3.63, 3.8) is 0 Å². The van der Waals surface area contributed by atoms with Gasteiger partial charge in [-0.15, -0.1) is 0 Å². The Morgan fingerprint density at radius 3 is 2.80 bits per heavy atom. The summed E-state index contributed by atoms with van der Waals surface area (Å²) in [5.74, 6) is 1.83. The number of rotatable bonds is 8. The van der Waals surface area contributed by atoms with Crippen molar-refractivity contribution in [2.75, 3.05) is 17.7 Å². The number of nitrogens with zero attached hydrogens (tertiary/aromatic N) is 3. The fourth-order valence-corrected chi connectivity index (χ4v) is 4.01. The third kappa shape index (κ3) is 4.42. The molecule has 6 nitrogen and oxygen atoms in total. The van der Waals surface area contributed by atoms with Gasteiger partial charge >= 0.3 is 0 Å². The first-order chi connectivity index (χ1) is 12.2. The van der Waals surface area contributed by atoms with Crippen molar-refractivity contribution in [1.29, 1.82) is 0 Å². The molecule has 0 aliphatic heterocycles. The molecule has 0 radical (unpaired) electrons. The quantitative estimate of drug-likeness (QED) is 0.681. The Labute approximate surface area is 149 Å². The highest BCUT2D eigenvalue weighted by molar-refractivity contribution is 5.87. The van der Waals surface area contributed by atoms with Crippen LogP contribution in [0.1, 0.15) is 58.3 Å². The van der Waals surface area contributed by atoms with Gasteiger partial charge in [0.15, 0.2) is 5.82 Å². The van der Waals surface area contributed by atoms with Gasteiger partial charge in [0.05, 0.1) is 5.52 Å². The predicted molar refractivity (Wildman–Crippen MR) is 103 cm³/mol. The molecule has 2 aromatic heterocycles. The van der Waals surface area contributed by atoms with Gasteiger partial charge in [0.25, 0.3) is 0 Å². The number of hydrogen-bond acceptors (Lipinski definition) is 5. The molecule has 0 saturated heterocycles. The van der Waals surface area contributed by atoms with Gasteiger partial charge in [-0.25, -0.2) is 4.98 Å². The Morgan fingerprint density at radius 2 is 2.08 bits per heavy atom. The van der Waals surface area contributed by atoms with Gasteiger partial charge in [-0.2, -0.15) is 4.98 Å². The van der Waals surface area contributed by atoms with Crippen molar-refractivity contribution in [2.24, 2.45) is 5.92 Å². The third-order valence-electron chi connectivity index (χ3n) is 5.26. The van der Waals surface area contributed by atoms with E-state index in [1.165, 1.54) is 32.1 Å². The Morgan fingerprint density at radius 1 is 1.28 bits per heavy atom. The topological polar surface area (TPSA) is 89.0 Å². The maximum absolute atomic E-state index is 9.34. The first kappa shape index (κ1) is 18.0. The number of hydrogen-bond donors (Lipinski definition) is 3. The molecule has 1 atom stereocenters. The normalized spacial score (nSPS) is 17.0. The summed E-state index contributed by atoms with van der Waals surface area (Å²) in [6, 6.07) is 2.23. The molecule has 1 saturated carbocycles. The predicted octanol–water partition coefficient (Wildman–Crippen LogP) is 3.56. The highest BCUT2D eigenvalue weighted by Crippen LogP contribution is 2.29. The van der Waals surface area contributed by atoms with E-state index in [2.05, 4.69) is 33.0 Å². The molecule has 25 heavy (non-hydrogen) atoms. The standard InChI is InChI=1S/C19H31N5O/c1-2-6-15(10-12-25)21-18-17-16(22-19(20)23-18)9-11-24(17)13-14-7-4-3-5-8-14/h9,11,14-15,25H,2-8,10,12-13H2,1H3,(H3,20,21,22,23)/t15-/m0/s1. The average molecular weight is 345 g/mol. The number of anilines is 2. The zero-order chi connectivity index (χ0) is 17.6. The molecule has 4 N–H and O–H groups in total. The number of aliphatic hydroxyl groups is 1. The van der Waals surface area contributed by atoms with Crippen molar-refractivity contribution in [2.45, 2.75) is 70.9 Å². The largest absolute Gasteiger partial charge is 0.396 e. The Balaban J connectivity index is 1.88. The van der Waals surface area contributed by atoms with Gasteiger partial charge in [0.2, 0.25) is 5.95 Å². The number of aromatic nitrogens is 3.